The highest BCUT2D eigenvalue weighted by Crippen LogP contribution is 2.20. The van der Waals surface area contributed by atoms with Crippen molar-refractivity contribution < 1.29 is 14.5 Å². The molecule has 1 heterocycles. The minimum atomic E-state index is -0.498. The Balaban J connectivity index is 1.39. The number of non-ortho nitro benzene ring substituents is 1. The van der Waals surface area contributed by atoms with Crippen molar-refractivity contribution in [1.82, 2.24) is 20.3 Å². The maximum Gasteiger partial charge on any atom is 0.323 e. The first kappa shape index (κ1) is 24.1. The molecule has 0 saturated carbocycles. The smallest absolute Gasteiger partial charge is 0.323 e. The maximum absolute atomic E-state index is 12.9. The molecule has 3 N–H and O–H groups in total. The van der Waals surface area contributed by atoms with Gasteiger partial charge in [-0.15, -0.1) is 5.10 Å². The highest BCUT2D eigenvalue weighted by atomic mass is 16.6. The van der Waals surface area contributed by atoms with Crippen molar-refractivity contribution in [1.29, 1.82) is 0 Å². The maximum atomic E-state index is 12.9. The number of benzene rings is 3. The summed E-state index contributed by atoms with van der Waals surface area (Å²) in [6, 6.07) is 21.4. The number of nitro benzene ring substituents is 1. The second-order valence-electron chi connectivity index (χ2n) is 7.97. The monoisotopic (exact) mass is 485 g/mol. The number of carbonyl (C=O) groups is 2. The molecule has 0 radical (unpaired) electrons. The quantitative estimate of drug-likeness (QED) is 0.257. The average molecular weight is 486 g/mol. The summed E-state index contributed by atoms with van der Waals surface area (Å²) in [7, 11) is 0. The van der Waals surface area contributed by atoms with Gasteiger partial charge in [0.1, 0.15) is 0 Å². The van der Waals surface area contributed by atoms with E-state index in [1.54, 1.807) is 55.5 Å². The molecule has 0 fully saturated rings. The molecule has 1 aromatic heterocycles. The molecule has 0 aliphatic carbocycles. The number of para-hydroxylation sites is 1. The minimum absolute atomic E-state index is 0.0856. The molecule has 3 aromatic carbocycles. The first-order chi connectivity index (χ1) is 17.3. The number of carbonyl (C=O) groups excluding carboxylic acids is 2. The number of hydrogen-bond donors (Lipinski definition) is 3. The van der Waals surface area contributed by atoms with Crippen LogP contribution in [-0.2, 0) is 0 Å². The van der Waals surface area contributed by atoms with Crippen molar-refractivity contribution in [2.75, 3.05) is 10.6 Å². The van der Waals surface area contributed by atoms with Crippen LogP contribution in [0.4, 0.5) is 21.9 Å². The largest absolute Gasteiger partial charge is 0.344 e. The lowest BCUT2D eigenvalue weighted by Crippen LogP contribution is -2.27. The van der Waals surface area contributed by atoms with Crippen molar-refractivity contribution >= 4 is 29.0 Å². The number of nitrogens with one attached hydrogen (secondary N) is 3. The van der Waals surface area contributed by atoms with Gasteiger partial charge in [0.2, 0.25) is 0 Å². The van der Waals surface area contributed by atoms with Gasteiger partial charge in [-0.1, -0.05) is 41.6 Å². The van der Waals surface area contributed by atoms with Gasteiger partial charge in [0.15, 0.2) is 5.69 Å². The van der Waals surface area contributed by atoms with Crippen LogP contribution in [0.15, 0.2) is 78.9 Å². The molecular weight excluding hydrogens is 462 g/mol. The van der Waals surface area contributed by atoms with Gasteiger partial charge >= 0.3 is 6.03 Å². The van der Waals surface area contributed by atoms with Gasteiger partial charge < -0.3 is 16.0 Å². The predicted molar refractivity (Wildman–Crippen MR) is 134 cm³/mol. The zero-order chi connectivity index (χ0) is 25.7. The number of nitrogens with zero attached hydrogens (tertiary/aromatic N) is 4. The Labute approximate surface area is 206 Å². The second kappa shape index (κ2) is 10.5. The Morgan fingerprint density at radius 2 is 1.61 bits per heavy atom. The Kier molecular flexibility index (Phi) is 7.00. The summed E-state index contributed by atoms with van der Waals surface area (Å²) in [5, 5.41) is 27.4. The van der Waals surface area contributed by atoms with E-state index in [0.29, 0.717) is 22.8 Å². The molecule has 3 amide bonds. The van der Waals surface area contributed by atoms with Gasteiger partial charge in [0.05, 0.1) is 22.3 Å². The average Bonchev–Trinajstić information content (AvgIpc) is 3.26. The van der Waals surface area contributed by atoms with Crippen molar-refractivity contribution in [3.8, 4) is 5.69 Å². The molecule has 182 valence electrons. The van der Waals surface area contributed by atoms with E-state index in [1.807, 2.05) is 25.1 Å². The lowest BCUT2D eigenvalue weighted by atomic mass is 10.1. The molecule has 11 heteroatoms. The van der Waals surface area contributed by atoms with E-state index in [4.69, 9.17) is 0 Å². The summed E-state index contributed by atoms with van der Waals surface area (Å²) in [6.07, 6.45) is 0. The number of urea groups is 1. The van der Waals surface area contributed by atoms with Crippen molar-refractivity contribution in [3.63, 3.8) is 0 Å². The summed E-state index contributed by atoms with van der Waals surface area (Å²) < 4.78 is 1.38. The number of aromatic nitrogens is 3. The number of nitro groups is 1. The molecule has 0 aliphatic heterocycles. The zero-order valence-corrected chi connectivity index (χ0v) is 19.5. The minimum Gasteiger partial charge on any atom is -0.344 e. The number of hydrogen-bond acceptors (Lipinski definition) is 6. The van der Waals surface area contributed by atoms with Crippen molar-refractivity contribution in [3.05, 3.63) is 106 Å². The number of rotatable bonds is 7. The highest BCUT2D eigenvalue weighted by Gasteiger charge is 2.20. The first-order valence-corrected chi connectivity index (χ1v) is 11.0. The fraction of sp³-hybridized carbons (Fsp3) is 0.120. The standard InChI is InChI=1S/C25H23N7O4/c1-16(18-11-13-20(14-12-18)28-25(34)27-19-7-4-3-5-8-19)26-24(33)23-17(2)31(30-29-23)21-9-6-10-22(15-21)32(35)36/h3-16H,1-2H3,(H,26,33)(H2,27,28,34). The molecule has 0 aliphatic rings. The molecule has 1 atom stereocenters. The molecular formula is C25H23N7O4. The molecule has 1 unspecified atom stereocenters. The van der Waals surface area contributed by atoms with Crippen LogP contribution >= 0.6 is 0 Å². The van der Waals surface area contributed by atoms with E-state index < -0.39 is 10.8 Å². The summed E-state index contributed by atoms with van der Waals surface area (Å²) in [5.41, 5.74) is 3.01. The zero-order valence-electron chi connectivity index (χ0n) is 19.5. The van der Waals surface area contributed by atoms with E-state index in [-0.39, 0.29) is 23.5 Å². The van der Waals surface area contributed by atoms with Crippen LogP contribution in [0.5, 0.6) is 0 Å². The Bertz CT molecular complexity index is 1400. The Hall–Kier alpha value is -5.06. The predicted octanol–water partition coefficient (Wildman–Crippen LogP) is 4.62. The Morgan fingerprint density at radius 3 is 2.28 bits per heavy atom. The van der Waals surface area contributed by atoms with Gasteiger partial charge in [0.25, 0.3) is 11.6 Å². The number of amides is 3. The molecule has 0 bridgehead atoms. The summed E-state index contributed by atoms with van der Waals surface area (Å²) in [6.45, 7) is 3.49. The lowest BCUT2D eigenvalue weighted by molar-refractivity contribution is -0.384. The molecule has 4 aromatic rings. The summed E-state index contributed by atoms with van der Waals surface area (Å²) in [4.78, 5) is 35.6. The van der Waals surface area contributed by atoms with Gasteiger partial charge in [0, 0.05) is 23.5 Å². The van der Waals surface area contributed by atoms with Crippen LogP contribution in [0.25, 0.3) is 5.69 Å². The molecule has 0 spiro atoms. The lowest BCUT2D eigenvalue weighted by Gasteiger charge is -2.15. The van der Waals surface area contributed by atoms with Gasteiger partial charge in [-0.2, -0.15) is 0 Å². The summed E-state index contributed by atoms with van der Waals surface area (Å²) >= 11 is 0. The van der Waals surface area contributed by atoms with Gasteiger partial charge in [-0.25, -0.2) is 9.48 Å². The van der Waals surface area contributed by atoms with Gasteiger partial charge in [-0.05, 0) is 49.7 Å². The highest BCUT2D eigenvalue weighted by molar-refractivity contribution is 5.99. The molecule has 36 heavy (non-hydrogen) atoms. The molecule has 0 saturated heterocycles. The third-order valence-electron chi connectivity index (χ3n) is 5.44. The third-order valence-corrected chi connectivity index (χ3v) is 5.44. The van der Waals surface area contributed by atoms with Crippen LogP contribution in [-0.4, -0.2) is 31.9 Å². The third kappa shape index (κ3) is 5.53. The molecule has 4 rings (SSSR count). The van der Waals surface area contributed by atoms with Crippen molar-refractivity contribution in [2.24, 2.45) is 0 Å². The van der Waals surface area contributed by atoms with E-state index in [1.165, 1.54) is 16.8 Å². The fourth-order valence-corrected chi connectivity index (χ4v) is 3.54. The Morgan fingerprint density at radius 1 is 0.944 bits per heavy atom. The van der Waals surface area contributed by atoms with E-state index in [9.17, 15) is 19.7 Å². The fourth-order valence-electron chi connectivity index (χ4n) is 3.54. The van der Waals surface area contributed by atoms with Crippen LogP contribution < -0.4 is 16.0 Å². The second-order valence-corrected chi connectivity index (χ2v) is 7.97. The van der Waals surface area contributed by atoms with Crippen LogP contribution in [0.1, 0.15) is 34.7 Å². The number of anilines is 2. The first-order valence-electron chi connectivity index (χ1n) is 11.0. The van der Waals surface area contributed by atoms with E-state index >= 15 is 0 Å². The van der Waals surface area contributed by atoms with Crippen LogP contribution in [0.3, 0.4) is 0 Å². The van der Waals surface area contributed by atoms with Gasteiger partial charge in [-0.3, -0.25) is 14.9 Å². The van der Waals surface area contributed by atoms with Crippen molar-refractivity contribution in [2.45, 2.75) is 19.9 Å². The normalized spacial score (nSPS) is 11.4. The van der Waals surface area contributed by atoms with E-state index in [0.717, 1.165) is 5.56 Å². The van der Waals surface area contributed by atoms with Crippen LogP contribution in [0, 0.1) is 17.0 Å². The topological polar surface area (TPSA) is 144 Å². The van der Waals surface area contributed by atoms with E-state index in [2.05, 4.69) is 26.3 Å². The van der Waals surface area contributed by atoms with Crippen LogP contribution in [0.2, 0.25) is 0 Å². The summed E-state index contributed by atoms with van der Waals surface area (Å²) in [5.74, 6) is -0.430. The SMILES string of the molecule is Cc1c(C(=O)NC(C)c2ccc(NC(=O)Nc3ccccc3)cc2)nnn1-c1cccc([N+](=O)[O-])c1. The molecule has 11 nitrogen and oxygen atoms in total.